The minimum absolute atomic E-state index is 0. The van der Waals surface area contributed by atoms with Gasteiger partial charge in [-0.05, 0) is 12.3 Å². The van der Waals surface area contributed by atoms with Crippen LogP contribution in [0.15, 0.2) is 0 Å². The summed E-state index contributed by atoms with van der Waals surface area (Å²) in [7, 11) is 0. The van der Waals surface area contributed by atoms with E-state index in [1.165, 1.54) is 0 Å². The predicted molar refractivity (Wildman–Crippen MR) is 24.5 cm³/mol. The monoisotopic (exact) mass is 124 g/mol. The van der Waals surface area contributed by atoms with E-state index in [0.717, 1.165) is 0 Å². The zero-order valence-electron chi connectivity index (χ0n) is 5.60. The Bertz CT molecular complexity index is 72.8. The van der Waals surface area contributed by atoms with Gasteiger partial charge in [0.1, 0.15) is 0 Å². The number of carboxylic acid groups (broad SMARTS) is 1. The minimum Gasteiger partial charge on any atom is -0.550 e. The number of carbonyl (C=O) groups is 1. The van der Waals surface area contributed by atoms with Gasteiger partial charge in [0, 0.05) is 5.97 Å². The van der Waals surface area contributed by atoms with Gasteiger partial charge in [0.05, 0.1) is 0 Å². The summed E-state index contributed by atoms with van der Waals surface area (Å²) < 4.78 is 0. The number of hydrogen-bond donors (Lipinski definition) is 0. The molecule has 0 aromatic carbocycles. The van der Waals surface area contributed by atoms with Crippen LogP contribution >= 0.6 is 0 Å². The summed E-state index contributed by atoms with van der Waals surface area (Å²) in [4.78, 5) is 9.82. The van der Waals surface area contributed by atoms with Crippen molar-refractivity contribution < 1.29 is 39.5 Å². The number of hydrogen-bond acceptors (Lipinski definition) is 2. The molecule has 1 unspecified atom stereocenters. The Morgan fingerprint density at radius 3 is 2.12 bits per heavy atom. The molecule has 0 aliphatic heterocycles. The second-order valence-corrected chi connectivity index (χ2v) is 1.63. The summed E-state index contributed by atoms with van der Waals surface area (Å²) in [5.74, 6) is -1.25. The smallest absolute Gasteiger partial charge is 0.550 e. The van der Waals surface area contributed by atoms with E-state index in [4.69, 9.17) is 0 Å². The van der Waals surface area contributed by atoms with E-state index in [-0.39, 0.29) is 35.5 Å². The Morgan fingerprint density at radius 2 is 2.12 bits per heavy atom. The molecule has 3 heteroatoms. The van der Waals surface area contributed by atoms with Gasteiger partial charge < -0.3 is 9.90 Å². The van der Waals surface area contributed by atoms with Crippen LogP contribution < -0.4 is 34.7 Å². The zero-order chi connectivity index (χ0) is 5.86. The maximum Gasteiger partial charge on any atom is 1.00 e. The van der Waals surface area contributed by atoms with Gasteiger partial charge in [-0.3, -0.25) is 0 Å². The van der Waals surface area contributed by atoms with Crippen LogP contribution in [0.5, 0.6) is 0 Å². The van der Waals surface area contributed by atoms with Crippen molar-refractivity contribution in [3.8, 4) is 0 Å². The van der Waals surface area contributed by atoms with Crippen molar-refractivity contribution in [2.45, 2.75) is 20.3 Å². The van der Waals surface area contributed by atoms with Gasteiger partial charge in [0.25, 0.3) is 0 Å². The molecule has 1 atom stereocenters. The predicted octanol–water partition coefficient (Wildman–Crippen LogP) is -3.21. The van der Waals surface area contributed by atoms with Crippen LogP contribution in [0.3, 0.4) is 0 Å². The van der Waals surface area contributed by atoms with Crippen LogP contribution in [0.2, 0.25) is 0 Å². The largest absolute Gasteiger partial charge is 1.00 e. The van der Waals surface area contributed by atoms with E-state index in [1.54, 1.807) is 6.92 Å². The molecule has 0 rings (SSSR count). The molecule has 0 aliphatic rings. The van der Waals surface area contributed by atoms with Crippen molar-refractivity contribution >= 4 is 5.97 Å². The maximum atomic E-state index is 9.82. The first-order chi connectivity index (χ1) is 3.18. The first-order valence-electron chi connectivity index (χ1n) is 2.39. The molecular weight excluding hydrogens is 115 g/mol. The van der Waals surface area contributed by atoms with E-state index in [9.17, 15) is 9.90 Å². The molecular formula is C5H9NaO2. The summed E-state index contributed by atoms with van der Waals surface area (Å²) in [6.45, 7) is 3.45. The number of aliphatic carboxylic acids is 1. The Morgan fingerprint density at radius 1 is 1.75 bits per heavy atom. The maximum absolute atomic E-state index is 9.82. The summed E-state index contributed by atoms with van der Waals surface area (Å²) in [6.07, 6.45) is 0.655. The van der Waals surface area contributed by atoms with E-state index < -0.39 is 5.97 Å². The number of carboxylic acids is 1. The van der Waals surface area contributed by atoms with E-state index in [2.05, 4.69) is 0 Å². The van der Waals surface area contributed by atoms with Crippen molar-refractivity contribution in [2.24, 2.45) is 5.92 Å². The molecule has 0 saturated heterocycles. The van der Waals surface area contributed by atoms with E-state index in [0.29, 0.717) is 6.42 Å². The first-order valence-corrected chi connectivity index (χ1v) is 2.39. The third-order valence-electron chi connectivity index (χ3n) is 1.01. The molecule has 0 amide bonds. The van der Waals surface area contributed by atoms with Crippen molar-refractivity contribution in [3.05, 3.63) is 0 Å². The summed E-state index contributed by atoms with van der Waals surface area (Å²) in [5.41, 5.74) is 0. The Hall–Kier alpha value is 0.470. The van der Waals surface area contributed by atoms with Crippen LogP contribution in [0.25, 0.3) is 0 Å². The van der Waals surface area contributed by atoms with Crippen LogP contribution in [-0.2, 0) is 4.79 Å². The average Bonchev–Trinajstić information content (AvgIpc) is 1.65. The molecule has 0 aliphatic carbocycles. The van der Waals surface area contributed by atoms with Gasteiger partial charge in [-0.25, -0.2) is 0 Å². The fourth-order valence-corrected chi connectivity index (χ4v) is 0.167. The molecule has 0 spiro atoms. The SMILES string of the molecule is CCC(C)C(=O)[O-].[Na+]. The summed E-state index contributed by atoms with van der Waals surface area (Å²) in [6, 6.07) is 0. The van der Waals surface area contributed by atoms with Crippen LogP contribution in [0, 0.1) is 5.92 Å². The molecule has 8 heavy (non-hydrogen) atoms. The Labute approximate surface area is 71.6 Å². The third-order valence-corrected chi connectivity index (χ3v) is 1.01. The van der Waals surface area contributed by atoms with Crippen molar-refractivity contribution in [1.82, 2.24) is 0 Å². The van der Waals surface area contributed by atoms with E-state index >= 15 is 0 Å². The molecule has 0 aromatic heterocycles. The molecule has 2 nitrogen and oxygen atoms in total. The van der Waals surface area contributed by atoms with Crippen LogP contribution in [0.1, 0.15) is 20.3 Å². The molecule has 0 aromatic rings. The van der Waals surface area contributed by atoms with Gasteiger partial charge in [-0.2, -0.15) is 0 Å². The summed E-state index contributed by atoms with van der Waals surface area (Å²) >= 11 is 0. The zero-order valence-corrected chi connectivity index (χ0v) is 7.60. The van der Waals surface area contributed by atoms with Crippen LogP contribution in [-0.4, -0.2) is 5.97 Å². The molecule has 0 N–H and O–H groups in total. The second-order valence-electron chi connectivity index (χ2n) is 1.63. The van der Waals surface area contributed by atoms with Crippen molar-refractivity contribution in [2.75, 3.05) is 0 Å². The summed E-state index contributed by atoms with van der Waals surface area (Å²) in [5, 5.41) is 9.82. The topological polar surface area (TPSA) is 40.1 Å². The second kappa shape index (κ2) is 5.60. The fourth-order valence-electron chi connectivity index (χ4n) is 0.167. The number of carbonyl (C=O) groups excluding carboxylic acids is 1. The molecule has 0 fully saturated rings. The number of rotatable bonds is 2. The standard InChI is InChI=1S/C5H10O2.Na/c1-3-4(2)5(6)7;/h4H,3H2,1-2H3,(H,6,7);/q;+1/p-1. The molecule has 42 valence electrons. The molecule has 0 bridgehead atoms. The van der Waals surface area contributed by atoms with Gasteiger partial charge in [0.2, 0.25) is 0 Å². The molecule has 0 saturated carbocycles. The minimum atomic E-state index is -0.956. The quantitative estimate of drug-likeness (QED) is 0.363. The fraction of sp³-hybridized carbons (Fsp3) is 0.800. The van der Waals surface area contributed by atoms with Gasteiger partial charge in [-0.1, -0.05) is 13.8 Å². The van der Waals surface area contributed by atoms with Gasteiger partial charge in [0.15, 0.2) is 0 Å². The van der Waals surface area contributed by atoms with Crippen LogP contribution in [0.4, 0.5) is 0 Å². The van der Waals surface area contributed by atoms with Crippen molar-refractivity contribution in [1.29, 1.82) is 0 Å². The van der Waals surface area contributed by atoms with Crippen molar-refractivity contribution in [3.63, 3.8) is 0 Å². The Balaban J connectivity index is 0. The Kier molecular flexibility index (Phi) is 7.91. The third kappa shape index (κ3) is 4.62. The van der Waals surface area contributed by atoms with E-state index in [1.807, 2.05) is 6.92 Å². The molecule has 0 heterocycles. The first kappa shape index (κ1) is 11.3. The van der Waals surface area contributed by atoms with Gasteiger partial charge in [-0.15, -0.1) is 0 Å². The van der Waals surface area contributed by atoms with Gasteiger partial charge >= 0.3 is 29.6 Å². The average molecular weight is 124 g/mol. The molecule has 0 radical (unpaired) electrons. The normalized spacial score (nSPS) is 11.8.